The van der Waals surface area contributed by atoms with E-state index in [4.69, 9.17) is 0 Å². The normalized spacial score (nSPS) is 11.1. The maximum atomic E-state index is 12.8. The molecule has 0 saturated heterocycles. The second-order valence-corrected chi connectivity index (χ2v) is 6.85. The van der Waals surface area contributed by atoms with Gasteiger partial charge in [-0.15, -0.1) is 0 Å². The molecule has 0 saturated carbocycles. The monoisotopic (exact) mass is 394 g/mol. The van der Waals surface area contributed by atoms with Crippen molar-refractivity contribution in [1.82, 2.24) is 19.3 Å². The van der Waals surface area contributed by atoms with Crippen molar-refractivity contribution in [2.45, 2.75) is 13.5 Å². The Balaban J connectivity index is 1.77. The number of aromatic nitrogens is 4. The van der Waals surface area contributed by atoms with Gasteiger partial charge in [0.1, 0.15) is 11.7 Å². The summed E-state index contributed by atoms with van der Waals surface area (Å²) in [7, 11) is 0. The molecule has 0 unspecified atom stereocenters. The molecule has 124 valence electrons. The zero-order valence-electron chi connectivity index (χ0n) is 13.6. The topological polar surface area (TPSA) is 52.7 Å². The Morgan fingerprint density at radius 2 is 1.92 bits per heavy atom. The number of halogens is 1. The van der Waals surface area contributed by atoms with E-state index in [9.17, 15) is 4.79 Å². The number of hydrogen-bond acceptors (Lipinski definition) is 3. The van der Waals surface area contributed by atoms with Gasteiger partial charge in [0, 0.05) is 4.47 Å². The minimum absolute atomic E-state index is 0.0881. The van der Waals surface area contributed by atoms with Crippen LogP contribution in [0.25, 0.3) is 16.7 Å². The average molecular weight is 395 g/mol. The number of benzene rings is 2. The SMILES string of the molecule is Cc1cccc(Cn2cnc3c(cnn3-c3ccc(Br)cc3)c2=O)c1. The maximum Gasteiger partial charge on any atom is 0.264 e. The van der Waals surface area contributed by atoms with Gasteiger partial charge in [0.25, 0.3) is 5.56 Å². The fraction of sp³-hybridized carbons (Fsp3) is 0.105. The summed E-state index contributed by atoms with van der Waals surface area (Å²) < 4.78 is 4.28. The Hall–Kier alpha value is -2.73. The van der Waals surface area contributed by atoms with Crippen molar-refractivity contribution in [3.8, 4) is 5.69 Å². The largest absolute Gasteiger partial charge is 0.294 e. The highest BCUT2D eigenvalue weighted by atomic mass is 79.9. The Labute approximate surface area is 152 Å². The summed E-state index contributed by atoms with van der Waals surface area (Å²) in [6.07, 6.45) is 3.17. The molecule has 0 amide bonds. The molecule has 2 heterocycles. The third-order valence-corrected chi connectivity index (χ3v) is 4.59. The molecular weight excluding hydrogens is 380 g/mol. The van der Waals surface area contributed by atoms with Crippen LogP contribution >= 0.6 is 15.9 Å². The van der Waals surface area contributed by atoms with Gasteiger partial charge in [-0.3, -0.25) is 9.36 Å². The van der Waals surface area contributed by atoms with Crippen molar-refractivity contribution in [1.29, 1.82) is 0 Å². The Bertz CT molecular complexity index is 1110. The van der Waals surface area contributed by atoms with Gasteiger partial charge in [-0.25, -0.2) is 9.67 Å². The van der Waals surface area contributed by atoms with E-state index in [-0.39, 0.29) is 5.56 Å². The van der Waals surface area contributed by atoms with Crippen LogP contribution < -0.4 is 5.56 Å². The van der Waals surface area contributed by atoms with E-state index in [2.05, 4.69) is 32.1 Å². The lowest BCUT2D eigenvalue weighted by atomic mass is 10.1. The summed E-state index contributed by atoms with van der Waals surface area (Å²) in [6.45, 7) is 2.53. The molecule has 25 heavy (non-hydrogen) atoms. The maximum absolute atomic E-state index is 12.8. The molecule has 0 fully saturated rings. The molecule has 0 aliphatic heterocycles. The second-order valence-electron chi connectivity index (χ2n) is 5.94. The minimum atomic E-state index is -0.0881. The van der Waals surface area contributed by atoms with Crippen LogP contribution in [0.1, 0.15) is 11.1 Å². The predicted molar refractivity (Wildman–Crippen MR) is 101 cm³/mol. The van der Waals surface area contributed by atoms with Crippen LogP contribution in [-0.2, 0) is 6.54 Å². The number of nitrogens with zero attached hydrogens (tertiary/aromatic N) is 4. The van der Waals surface area contributed by atoms with Crippen LogP contribution in [0.2, 0.25) is 0 Å². The fourth-order valence-corrected chi connectivity index (χ4v) is 3.10. The number of fused-ring (bicyclic) bond motifs is 1. The van der Waals surface area contributed by atoms with Crippen LogP contribution in [0.4, 0.5) is 0 Å². The van der Waals surface area contributed by atoms with Gasteiger partial charge in [-0.2, -0.15) is 5.10 Å². The van der Waals surface area contributed by atoms with Gasteiger partial charge in [0.15, 0.2) is 5.65 Å². The first-order valence-corrected chi connectivity index (χ1v) is 8.66. The molecule has 5 nitrogen and oxygen atoms in total. The first kappa shape index (κ1) is 15.8. The quantitative estimate of drug-likeness (QED) is 0.532. The Morgan fingerprint density at radius 3 is 2.68 bits per heavy atom. The molecule has 4 rings (SSSR count). The van der Waals surface area contributed by atoms with Gasteiger partial charge in [-0.05, 0) is 36.8 Å². The highest BCUT2D eigenvalue weighted by Gasteiger charge is 2.11. The second kappa shape index (κ2) is 6.29. The van der Waals surface area contributed by atoms with Crippen LogP contribution in [0.15, 0.2) is 70.3 Å². The summed E-state index contributed by atoms with van der Waals surface area (Å²) >= 11 is 3.42. The first-order chi connectivity index (χ1) is 12.1. The molecule has 4 aromatic rings. The lowest BCUT2D eigenvalue weighted by Gasteiger charge is -2.07. The molecule has 0 N–H and O–H groups in total. The third-order valence-electron chi connectivity index (χ3n) is 4.06. The summed E-state index contributed by atoms with van der Waals surface area (Å²) in [6, 6.07) is 15.8. The van der Waals surface area contributed by atoms with E-state index >= 15 is 0 Å². The van der Waals surface area contributed by atoms with Gasteiger partial charge in [0.05, 0.1) is 18.4 Å². The zero-order chi connectivity index (χ0) is 17.4. The number of rotatable bonds is 3. The minimum Gasteiger partial charge on any atom is -0.294 e. The van der Waals surface area contributed by atoms with Crippen LogP contribution in [0.5, 0.6) is 0 Å². The van der Waals surface area contributed by atoms with Gasteiger partial charge in [-0.1, -0.05) is 45.8 Å². The van der Waals surface area contributed by atoms with E-state index in [0.29, 0.717) is 17.6 Å². The van der Waals surface area contributed by atoms with E-state index in [1.165, 1.54) is 5.56 Å². The molecule has 0 radical (unpaired) electrons. The lowest BCUT2D eigenvalue weighted by Crippen LogP contribution is -2.21. The lowest BCUT2D eigenvalue weighted by molar-refractivity contribution is 0.745. The summed E-state index contributed by atoms with van der Waals surface area (Å²) in [5.74, 6) is 0. The molecular formula is C19H15BrN4O. The zero-order valence-corrected chi connectivity index (χ0v) is 15.1. The van der Waals surface area contributed by atoms with Crippen molar-refractivity contribution >= 4 is 27.0 Å². The molecule has 6 heteroatoms. The van der Waals surface area contributed by atoms with Gasteiger partial charge in [0.2, 0.25) is 0 Å². The van der Waals surface area contributed by atoms with Crippen LogP contribution in [-0.4, -0.2) is 19.3 Å². The molecule has 2 aromatic carbocycles. The molecule has 0 atom stereocenters. The van der Waals surface area contributed by atoms with E-state index < -0.39 is 0 Å². The van der Waals surface area contributed by atoms with Crippen LogP contribution in [0.3, 0.4) is 0 Å². The molecule has 2 aromatic heterocycles. The molecule has 0 aliphatic carbocycles. The highest BCUT2D eigenvalue weighted by molar-refractivity contribution is 9.10. The van der Waals surface area contributed by atoms with Gasteiger partial charge < -0.3 is 0 Å². The molecule has 0 spiro atoms. The summed E-state index contributed by atoms with van der Waals surface area (Å²) in [5, 5.41) is 4.86. The molecule has 0 aliphatic rings. The van der Waals surface area contributed by atoms with Crippen molar-refractivity contribution in [2.24, 2.45) is 0 Å². The number of hydrogen-bond donors (Lipinski definition) is 0. The van der Waals surface area contributed by atoms with Crippen molar-refractivity contribution in [3.63, 3.8) is 0 Å². The average Bonchev–Trinajstić information content (AvgIpc) is 3.03. The highest BCUT2D eigenvalue weighted by Crippen LogP contribution is 2.17. The van der Waals surface area contributed by atoms with Gasteiger partial charge >= 0.3 is 0 Å². The summed E-state index contributed by atoms with van der Waals surface area (Å²) in [5.41, 5.74) is 3.58. The Morgan fingerprint density at radius 1 is 1.12 bits per heavy atom. The smallest absolute Gasteiger partial charge is 0.264 e. The first-order valence-electron chi connectivity index (χ1n) is 7.86. The van der Waals surface area contributed by atoms with E-state index in [1.807, 2.05) is 49.4 Å². The van der Waals surface area contributed by atoms with Crippen molar-refractivity contribution in [2.75, 3.05) is 0 Å². The summed E-state index contributed by atoms with van der Waals surface area (Å²) in [4.78, 5) is 17.2. The number of aryl methyl sites for hydroxylation is 1. The standard InChI is InChI=1S/C19H15BrN4O/c1-13-3-2-4-14(9-13)11-23-12-21-18-17(19(23)25)10-22-24(18)16-7-5-15(20)6-8-16/h2-10,12H,11H2,1H3. The molecule has 0 bridgehead atoms. The predicted octanol–water partition coefficient (Wildman–Crippen LogP) is 3.70. The third kappa shape index (κ3) is 3.00. The van der Waals surface area contributed by atoms with Crippen molar-refractivity contribution < 1.29 is 0 Å². The van der Waals surface area contributed by atoms with Crippen molar-refractivity contribution in [3.05, 3.63) is 87.0 Å². The fourth-order valence-electron chi connectivity index (χ4n) is 2.84. The Kier molecular flexibility index (Phi) is 3.97. The van der Waals surface area contributed by atoms with Crippen LogP contribution in [0, 0.1) is 6.92 Å². The van der Waals surface area contributed by atoms with E-state index in [0.717, 1.165) is 15.7 Å². The van der Waals surface area contributed by atoms with E-state index in [1.54, 1.807) is 21.8 Å².